The zero-order valence-electron chi connectivity index (χ0n) is 14.6. The lowest BCUT2D eigenvalue weighted by Gasteiger charge is -2.23. The molecule has 0 bridgehead atoms. The summed E-state index contributed by atoms with van der Waals surface area (Å²) in [6.45, 7) is 4.53. The first kappa shape index (κ1) is 18.4. The summed E-state index contributed by atoms with van der Waals surface area (Å²) < 4.78 is 5.58. The number of rotatable bonds is 8. The number of hydrogen-bond donors (Lipinski definition) is 1. The van der Waals surface area contributed by atoms with Crippen molar-refractivity contribution in [3.63, 3.8) is 0 Å². The van der Waals surface area contributed by atoms with Gasteiger partial charge in [0, 0.05) is 26.1 Å². The largest absolute Gasteiger partial charge is 0.492 e. The van der Waals surface area contributed by atoms with Gasteiger partial charge in [-0.3, -0.25) is 14.6 Å². The van der Waals surface area contributed by atoms with Gasteiger partial charge in [0.1, 0.15) is 5.75 Å². The quantitative estimate of drug-likeness (QED) is 0.801. The first-order chi connectivity index (χ1) is 12.1. The molecule has 1 N–H and O–H groups in total. The van der Waals surface area contributed by atoms with Crippen LogP contribution in [0, 0.1) is 0 Å². The Labute approximate surface area is 147 Å². The molecule has 2 amide bonds. The molecular formula is C19H23N3O3. The van der Waals surface area contributed by atoms with Gasteiger partial charge >= 0.3 is 0 Å². The lowest BCUT2D eigenvalue weighted by Crippen LogP contribution is -2.34. The summed E-state index contributed by atoms with van der Waals surface area (Å²) in [4.78, 5) is 29.8. The Bertz CT molecular complexity index is 704. The molecule has 1 heterocycles. The molecule has 0 saturated heterocycles. The normalized spacial score (nSPS) is 10.2. The van der Waals surface area contributed by atoms with E-state index < -0.39 is 0 Å². The van der Waals surface area contributed by atoms with Gasteiger partial charge in [0.15, 0.2) is 0 Å². The molecule has 1 aromatic heterocycles. The third-order valence-electron chi connectivity index (χ3n) is 3.59. The number of anilines is 1. The van der Waals surface area contributed by atoms with E-state index in [-0.39, 0.29) is 24.8 Å². The van der Waals surface area contributed by atoms with Crippen LogP contribution in [-0.2, 0) is 16.1 Å². The van der Waals surface area contributed by atoms with Crippen molar-refractivity contribution in [1.29, 1.82) is 0 Å². The van der Waals surface area contributed by atoms with Crippen molar-refractivity contribution in [3.05, 3.63) is 54.4 Å². The van der Waals surface area contributed by atoms with Gasteiger partial charge in [0.2, 0.25) is 11.8 Å². The van der Waals surface area contributed by atoms with Gasteiger partial charge in [-0.05, 0) is 31.2 Å². The van der Waals surface area contributed by atoms with Crippen LogP contribution in [-0.4, -0.2) is 29.9 Å². The fourth-order valence-electron chi connectivity index (χ4n) is 2.40. The monoisotopic (exact) mass is 341 g/mol. The summed E-state index contributed by atoms with van der Waals surface area (Å²) in [5, 5.41) is 2.81. The smallest absolute Gasteiger partial charge is 0.223 e. The highest BCUT2D eigenvalue weighted by molar-refractivity contribution is 5.93. The van der Waals surface area contributed by atoms with Crippen LogP contribution in [0.4, 0.5) is 5.69 Å². The highest BCUT2D eigenvalue weighted by Crippen LogP contribution is 2.28. The van der Waals surface area contributed by atoms with Crippen LogP contribution in [0.25, 0.3) is 0 Å². The van der Waals surface area contributed by atoms with Crippen LogP contribution < -0.4 is 15.0 Å². The van der Waals surface area contributed by atoms with Gasteiger partial charge in [-0.15, -0.1) is 0 Å². The molecule has 6 heteroatoms. The SMILES string of the molecule is CCOc1ccccc1N(CCC(=O)NCc1ccccn1)C(C)=O. The molecule has 0 aliphatic carbocycles. The molecule has 132 valence electrons. The molecule has 0 atom stereocenters. The average molecular weight is 341 g/mol. The van der Waals surface area contributed by atoms with Crippen molar-refractivity contribution in [2.45, 2.75) is 26.8 Å². The lowest BCUT2D eigenvalue weighted by atomic mass is 10.2. The number of nitrogens with one attached hydrogen (secondary N) is 1. The number of benzene rings is 1. The minimum Gasteiger partial charge on any atom is -0.492 e. The van der Waals surface area contributed by atoms with E-state index in [1.54, 1.807) is 11.1 Å². The molecule has 2 rings (SSSR count). The molecule has 0 radical (unpaired) electrons. The van der Waals surface area contributed by atoms with Crippen LogP contribution in [0.2, 0.25) is 0 Å². The van der Waals surface area contributed by atoms with Crippen molar-refractivity contribution in [1.82, 2.24) is 10.3 Å². The second kappa shape index (κ2) is 9.42. The third kappa shape index (κ3) is 5.60. The fourth-order valence-corrected chi connectivity index (χ4v) is 2.40. The first-order valence-electron chi connectivity index (χ1n) is 8.28. The predicted octanol–water partition coefficient (Wildman–Crippen LogP) is 2.54. The number of carbonyl (C=O) groups excluding carboxylic acids is 2. The van der Waals surface area contributed by atoms with Gasteiger partial charge in [0.25, 0.3) is 0 Å². The van der Waals surface area contributed by atoms with Crippen LogP contribution in [0.15, 0.2) is 48.7 Å². The maximum absolute atomic E-state index is 12.1. The van der Waals surface area contributed by atoms with E-state index in [1.807, 2.05) is 49.4 Å². The summed E-state index contributed by atoms with van der Waals surface area (Å²) in [7, 11) is 0. The molecular weight excluding hydrogens is 318 g/mol. The minimum absolute atomic E-state index is 0.134. The standard InChI is InChI=1S/C19H23N3O3/c1-3-25-18-10-5-4-9-17(18)22(15(2)23)13-11-19(24)21-14-16-8-6-7-12-20-16/h4-10,12H,3,11,13-14H2,1-2H3,(H,21,24). The molecule has 0 unspecified atom stereocenters. The van der Waals surface area contributed by atoms with Gasteiger partial charge in [0.05, 0.1) is 24.5 Å². The highest BCUT2D eigenvalue weighted by atomic mass is 16.5. The molecule has 25 heavy (non-hydrogen) atoms. The van der Waals surface area contributed by atoms with Crippen LogP contribution in [0.1, 0.15) is 26.0 Å². The number of amides is 2. The summed E-state index contributed by atoms with van der Waals surface area (Å²) >= 11 is 0. The number of hydrogen-bond acceptors (Lipinski definition) is 4. The minimum atomic E-state index is -0.135. The van der Waals surface area contributed by atoms with E-state index in [0.29, 0.717) is 24.6 Å². The number of para-hydroxylation sites is 2. The number of nitrogens with zero attached hydrogens (tertiary/aromatic N) is 2. The average Bonchev–Trinajstić information content (AvgIpc) is 2.62. The van der Waals surface area contributed by atoms with Crippen molar-refractivity contribution in [3.8, 4) is 5.75 Å². The zero-order chi connectivity index (χ0) is 18.1. The summed E-state index contributed by atoms with van der Waals surface area (Å²) in [6.07, 6.45) is 1.89. The van der Waals surface area contributed by atoms with Gasteiger partial charge in [-0.1, -0.05) is 18.2 Å². The molecule has 0 saturated carbocycles. The Balaban J connectivity index is 1.96. The first-order valence-corrected chi connectivity index (χ1v) is 8.28. The van der Waals surface area contributed by atoms with E-state index in [9.17, 15) is 9.59 Å². The Morgan fingerprint density at radius 3 is 2.60 bits per heavy atom. The van der Waals surface area contributed by atoms with E-state index in [2.05, 4.69) is 10.3 Å². The van der Waals surface area contributed by atoms with Gasteiger partial charge in [-0.2, -0.15) is 0 Å². The molecule has 0 spiro atoms. The van der Waals surface area contributed by atoms with Crippen molar-refractivity contribution in [2.24, 2.45) is 0 Å². The fraction of sp³-hybridized carbons (Fsp3) is 0.316. The Hall–Kier alpha value is -2.89. The highest BCUT2D eigenvalue weighted by Gasteiger charge is 2.17. The van der Waals surface area contributed by atoms with E-state index >= 15 is 0 Å². The van der Waals surface area contributed by atoms with Crippen LogP contribution >= 0.6 is 0 Å². The molecule has 0 fully saturated rings. The molecule has 0 aliphatic rings. The van der Waals surface area contributed by atoms with E-state index in [0.717, 1.165) is 5.69 Å². The second-order valence-corrected chi connectivity index (χ2v) is 5.42. The van der Waals surface area contributed by atoms with Gasteiger partial charge in [-0.25, -0.2) is 0 Å². The maximum atomic E-state index is 12.1. The maximum Gasteiger partial charge on any atom is 0.223 e. The molecule has 1 aromatic carbocycles. The number of ether oxygens (including phenoxy) is 1. The van der Waals surface area contributed by atoms with Crippen LogP contribution in [0.3, 0.4) is 0 Å². The molecule has 0 aliphatic heterocycles. The van der Waals surface area contributed by atoms with Crippen molar-refractivity contribution < 1.29 is 14.3 Å². The molecule has 2 aromatic rings. The molecule has 6 nitrogen and oxygen atoms in total. The van der Waals surface area contributed by atoms with Crippen molar-refractivity contribution in [2.75, 3.05) is 18.1 Å². The summed E-state index contributed by atoms with van der Waals surface area (Å²) in [6, 6.07) is 12.9. The Kier molecular flexibility index (Phi) is 6.95. The van der Waals surface area contributed by atoms with E-state index in [4.69, 9.17) is 4.74 Å². The van der Waals surface area contributed by atoms with Crippen LogP contribution in [0.5, 0.6) is 5.75 Å². The lowest BCUT2D eigenvalue weighted by molar-refractivity contribution is -0.121. The Morgan fingerprint density at radius 2 is 1.92 bits per heavy atom. The summed E-state index contributed by atoms with van der Waals surface area (Å²) in [5.41, 5.74) is 1.47. The topological polar surface area (TPSA) is 71.5 Å². The third-order valence-corrected chi connectivity index (χ3v) is 3.59. The zero-order valence-corrected chi connectivity index (χ0v) is 14.6. The number of aromatic nitrogens is 1. The number of pyridine rings is 1. The number of carbonyl (C=O) groups is 2. The second-order valence-electron chi connectivity index (χ2n) is 5.42. The predicted molar refractivity (Wildman–Crippen MR) is 96.3 cm³/mol. The Morgan fingerprint density at radius 1 is 1.16 bits per heavy atom. The van der Waals surface area contributed by atoms with E-state index in [1.165, 1.54) is 6.92 Å². The summed E-state index contributed by atoms with van der Waals surface area (Å²) in [5.74, 6) is 0.365. The van der Waals surface area contributed by atoms with Crippen molar-refractivity contribution >= 4 is 17.5 Å². The van der Waals surface area contributed by atoms with Gasteiger partial charge < -0.3 is 15.0 Å².